The first kappa shape index (κ1) is 19.4. The van der Waals surface area contributed by atoms with Crippen LogP contribution in [0.4, 0.5) is 5.69 Å². The summed E-state index contributed by atoms with van der Waals surface area (Å²) in [5, 5.41) is 12.2. The van der Waals surface area contributed by atoms with E-state index in [2.05, 4.69) is 25.5 Å². The van der Waals surface area contributed by atoms with E-state index < -0.39 is 0 Å². The number of benzene rings is 2. The molecule has 0 aliphatic rings. The topological polar surface area (TPSA) is 128 Å². The molecule has 3 aromatic heterocycles. The van der Waals surface area contributed by atoms with Gasteiger partial charge < -0.3 is 10.3 Å². The van der Waals surface area contributed by atoms with Gasteiger partial charge in [0.1, 0.15) is 5.39 Å². The second kappa shape index (κ2) is 7.91. The van der Waals surface area contributed by atoms with Gasteiger partial charge in [-0.15, -0.1) is 0 Å². The zero-order valence-corrected chi connectivity index (χ0v) is 16.7. The molecule has 10 heteroatoms. The van der Waals surface area contributed by atoms with E-state index in [1.165, 1.54) is 23.4 Å². The van der Waals surface area contributed by atoms with Crippen molar-refractivity contribution in [3.05, 3.63) is 87.8 Å². The number of carbonyl (C=O) groups excluding carboxylic acids is 1. The number of amides is 1. The van der Waals surface area contributed by atoms with E-state index in [-0.39, 0.29) is 23.3 Å². The van der Waals surface area contributed by atoms with Crippen LogP contribution in [-0.4, -0.2) is 35.4 Å². The van der Waals surface area contributed by atoms with Crippen LogP contribution in [0.5, 0.6) is 0 Å². The lowest BCUT2D eigenvalue weighted by atomic mass is 10.2. The lowest BCUT2D eigenvalue weighted by molar-refractivity contribution is -0.116. The zero-order chi connectivity index (χ0) is 22.1. The lowest BCUT2D eigenvalue weighted by Crippen LogP contribution is -2.19. The van der Waals surface area contributed by atoms with Crippen molar-refractivity contribution in [2.24, 2.45) is 0 Å². The number of nitrogens with one attached hydrogen (secondary N) is 2. The Hall–Kier alpha value is -4.60. The van der Waals surface area contributed by atoms with Crippen molar-refractivity contribution >= 4 is 33.5 Å². The number of anilines is 1. The molecule has 2 N–H and O–H groups in total. The van der Waals surface area contributed by atoms with Crippen LogP contribution >= 0.6 is 0 Å². The molecule has 0 saturated carbocycles. The third-order valence-corrected chi connectivity index (χ3v) is 5.09. The molecular formula is C22H17N7O3. The predicted molar refractivity (Wildman–Crippen MR) is 119 cm³/mol. The quantitative estimate of drug-likeness (QED) is 0.441. The second-order valence-corrected chi connectivity index (χ2v) is 7.09. The number of H-pyrrole nitrogens is 1. The molecule has 5 rings (SSSR count). The average Bonchev–Trinajstić information content (AvgIpc) is 3.25. The Morgan fingerprint density at radius 2 is 1.78 bits per heavy atom. The van der Waals surface area contributed by atoms with Gasteiger partial charge >= 0.3 is 0 Å². The minimum Gasteiger partial charge on any atom is -0.324 e. The summed E-state index contributed by atoms with van der Waals surface area (Å²) in [5.41, 5.74) is 1.73. The third-order valence-electron chi connectivity index (χ3n) is 5.09. The van der Waals surface area contributed by atoms with Crippen LogP contribution in [0.2, 0.25) is 0 Å². The van der Waals surface area contributed by atoms with Crippen LogP contribution in [0.1, 0.15) is 6.42 Å². The largest absolute Gasteiger partial charge is 0.324 e. The van der Waals surface area contributed by atoms with Crippen molar-refractivity contribution in [2.45, 2.75) is 13.0 Å². The minimum atomic E-state index is -0.288. The number of para-hydroxylation sites is 3. The molecule has 158 valence electrons. The van der Waals surface area contributed by atoms with Gasteiger partial charge in [0.05, 0.1) is 42.2 Å². The Labute approximate surface area is 180 Å². The predicted octanol–water partition coefficient (Wildman–Crippen LogP) is 1.85. The summed E-state index contributed by atoms with van der Waals surface area (Å²) < 4.78 is 3.15. The average molecular weight is 427 g/mol. The van der Waals surface area contributed by atoms with Gasteiger partial charge in [0.25, 0.3) is 5.56 Å². The number of hydrogen-bond acceptors (Lipinski definition) is 6. The first-order valence-electron chi connectivity index (χ1n) is 9.87. The maximum Gasteiger partial charge on any atom is 0.261 e. The molecule has 0 saturated heterocycles. The molecule has 32 heavy (non-hydrogen) atoms. The Balaban J connectivity index is 1.39. The van der Waals surface area contributed by atoms with Gasteiger partial charge in [-0.05, 0) is 24.3 Å². The molecule has 10 nitrogen and oxygen atoms in total. The minimum absolute atomic E-state index is 0.145. The molecule has 0 bridgehead atoms. The first-order chi connectivity index (χ1) is 15.6. The zero-order valence-electron chi connectivity index (χ0n) is 16.7. The summed E-state index contributed by atoms with van der Waals surface area (Å²) >= 11 is 0. The molecule has 0 spiro atoms. The molecule has 0 atom stereocenters. The van der Waals surface area contributed by atoms with E-state index in [0.29, 0.717) is 39.9 Å². The Morgan fingerprint density at radius 1 is 0.969 bits per heavy atom. The smallest absolute Gasteiger partial charge is 0.261 e. The third kappa shape index (κ3) is 3.43. The molecule has 0 aliphatic heterocycles. The maximum absolute atomic E-state index is 12.7. The van der Waals surface area contributed by atoms with E-state index in [4.69, 9.17) is 0 Å². The molecular weight excluding hydrogens is 410 g/mol. The fourth-order valence-electron chi connectivity index (χ4n) is 3.56. The van der Waals surface area contributed by atoms with Gasteiger partial charge in [0.2, 0.25) is 11.3 Å². The van der Waals surface area contributed by atoms with Crippen molar-refractivity contribution in [1.29, 1.82) is 0 Å². The first-order valence-corrected chi connectivity index (χ1v) is 9.87. The molecule has 5 aromatic rings. The van der Waals surface area contributed by atoms with Crippen LogP contribution in [0.25, 0.3) is 27.6 Å². The fourth-order valence-corrected chi connectivity index (χ4v) is 3.56. The molecule has 1 amide bonds. The van der Waals surface area contributed by atoms with Gasteiger partial charge in [0, 0.05) is 11.8 Å². The SMILES string of the molecule is O=C(CCn1ncc(=O)c2ccccc21)Nc1ccccc1-n1ncc2c(=O)[nH]cnc21. The normalized spacial score (nSPS) is 11.1. The molecule has 0 radical (unpaired) electrons. The van der Waals surface area contributed by atoms with Crippen LogP contribution in [0.15, 0.2) is 76.8 Å². The summed E-state index contributed by atoms with van der Waals surface area (Å²) in [4.78, 5) is 43.4. The number of aryl methyl sites for hydroxylation is 1. The molecule has 0 aliphatic carbocycles. The van der Waals surface area contributed by atoms with Crippen molar-refractivity contribution in [3.63, 3.8) is 0 Å². The van der Waals surface area contributed by atoms with E-state index >= 15 is 0 Å². The highest BCUT2D eigenvalue weighted by Crippen LogP contribution is 2.22. The summed E-state index contributed by atoms with van der Waals surface area (Å²) in [6.07, 6.45) is 4.15. The van der Waals surface area contributed by atoms with Gasteiger partial charge in [-0.3, -0.25) is 19.1 Å². The van der Waals surface area contributed by atoms with E-state index in [1.807, 2.05) is 12.1 Å². The number of carbonyl (C=O) groups is 1. The van der Waals surface area contributed by atoms with Crippen LogP contribution in [0, 0.1) is 0 Å². The molecule has 2 aromatic carbocycles. The summed E-state index contributed by atoms with van der Waals surface area (Å²) in [5.74, 6) is -0.232. The number of nitrogens with zero attached hydrogens (tertiary/aromatic N) is 5. The highest BCUT2D eigenvalue weighted by molar-refractivity contribution is 5.93. The van der Waals surface area contributed by atoms with Crippen molar-refractivity contribution < 1.29 is 4.79 Å². The van der Waals surface area contributed by atoms with Gasteiger partial charge in [-0.1, -0.05) is 24.3 Å². The van der Waals surface area contributed by atoms with Crippen LogP contribution in [0.3, 0.4) is 0 Å². The Morgan fingerprint density at radius 3 is 2.69 bits per heavy atom. The molecule has 0 unspecified atom stereocenters. The molecule has 3 heterocycles. The number of aromatic amines is 1. The number of fused-ring (bicyclic) bond motifs is 2. The fraction of sp³-hybridized carbons (Fsp3) is 0.0909. The van der Waals surface area contributed by atoms with Gasteiger partial charge in [0.15, 0.2) is 5.65 Å². The summed E-state index contributed by atoms with van der Waals surface area (Å²) in [6.45, 7) is 0.302. The summed E-state index contributed by atoms with van der Waals surface area (Å²) in [6, 6.07) is 14.3. The monoisotopic (exact) mass is 427 g/mol. The van der Waals surface area contributed by atoms with E-state index in [0.717, 1.165) is 0 Å². The van der Waals surface area contributed by atoms with Gasteiger partial charge in [-0.2, -0.15) is 10.2 Å². The number of aromatic nitrogens is 6. The highest BCUT2D eigenvalue weighted by atomic mass is 16.1. The Kier molecular flexibility index (Phi) is 4.79. The van der Waals surface area contributed by atoms with Crippen LogP contribution < -0.4 is 16.3 Å². The summed E-state index contributed by atoms with van der Waals surface area (Å²) in [7, 11) is 0. The second-order valence-electron chi connectivity index (χ2n) is 7.09. The van der Waals surface area contributed by atoms with Gasteiger partial charge in [-0.25, -0.2) is 9.67 Å². The number of rotatable bonds is 5. The highest BCUT2D eigenvalue weighted by Gasteiger charge is 2.14. The Bertz CT molecular complexity index is 1580. The van der Waals surface area contributed by atoms with Crippen molar-refractivity contribution in [3.8, 4) is 5.69 Å². The maximum atomic E-state index is 12.7. The molecule has 0 fully saturated rings. The standard InChI is InChI=1S/C22H17N7O3/c30-19-12-25-28(17-7-3-1-5-14(17)19)10-9-20(31)27-16-6-2-4-8-18(16)29-21-15(11-26-29)22(32)24-13-23-21/h1-8,11-13H,9-10H2,(H,27,31)(H,23,24,32). The van der Waals surface area contributed by atoms with E-state index in [1.54, 1.807) is 41.1 Å². The van der Waals surface area contributed by atoms with Crippen molar-refractivity contribution in [2.75, 3.05) is 5.32 Å². The number of hydrogen-bond donors (Lipinski definition) is 2. The van der Waals surface area contributed by atoms with E-state index in [9.17, 15) is 14.4 Å². The van der Waals surface area contributed by atoms with Crippen molar-refractivity contribution in [1.82, 2.24) is 29.5 Å². The van der Waals surface area contributed by atoms with Crippen LogP contribution in [-0.2, 0) is 11.3 Å². The lowest BCUT2D eigenvalue weighted by Gasteiger charge is -2.12.